The molecule has 0 saturated heterocycles. The number of nitrogens with zero attached hydrogens (tertiary/aromatic N) is 2. The smallest absolute Gasteiger partial charge is 0.353 e. The molecule has 0 unspecified atom stereocenters. The molecule has 3 heterocycles. The summed E-state index contributed by atoms with van der Waals surface area (Å²) in [4.78, 5) is 29.8. The number of Topliss-reactive ketones (excluding diaryl/α,β-unsaturated/α-hetero) is 1. The van der Waals surface area contributed by atoms with Crippen molar-refractivity contribution in [3.8, 4) is 0 Å². The van der Waals surface area contributed by atoms with Crippen molar-refractivity contribution in [2.24, 2.45) is 0 Å². The number of allylic oxidation sites excluding steroid dienone is 4. The van der Waals surface area contributed by atoms with Gasteiger partial charge in [-0.1, -0.05) is 29.8 Å². The van der Waals surface area contributed by atoms with Crippen molar-refractivity contribution < 1.29 is 27.9 Å². The largest absolute Gasteiger partial charge is 0.477 e. The summed E-state index contributed by atoms with van der Waals surface area (Å²) in [6, 6.07) is 8.42. The molecule has 0 aliphatic heterocycles. The fraction of sp³-hybridized carbons (Fsp3) is 0.0741. The van der Waals surface area contributed by atoms with Crippen LogP contribution in [0.5, 0.6) is 0 Å². The average Bonchev–Trinajstić information content (AvgIpc) is 3.44. The van der Waals surface area contributed by atoms with Gasteiger partial charge >= 0.3 is 5.97 Å². The fourth-order valence-corrected chi connectivity index (χ4v) is 4.97. The zero-order valence-corrected chi connectivity index (χ0v) is 19.1. The number of fused-ring (bicyclic) bond motifs is 4. The average molecular weight is 505 g/mol. The maximum Gasteiger partial charge on any atom is 0.353 e. The second kappa shape index (κ2) is 8.13. The number of aromatic carboxylic acids is 1. The third-order valence-electron chi connectivity index (χ3n) is 6.33. The second-order valence-electron chi connectivity index (χ2n) is 8.44. The van der Waals surface area contributed by atoms with Crippen LogP contribution in [0.2, 0.25) is 5.15 Å². The SMILES string of the molecule is O=C1CC=CC=C1c1c(C(=O)O)n(Cc2cc3ccc(F)cc3nc2Cl)c2cc(F)c3ccoc3c12. The van der Waals surface area contributed by atoms with Gasteiger partial charge in [0.15, 0.2) is 5.78 Å². The predicted molar refractivity (Wildman–Crippen MR) is 131 cm³/mol. The monoisotopic (exact) mass is 504 g/mol. The first-order chi connectivity index (χ1) is 17.3. The molecule has 3 aromatic heterocycles. The van der Waals surface area contributed by atoms with Crippen LogP contribution in [0.15, 0.2) is 65.3 Å². The number of carboxylic acid groups (broad SMARTS) is 1. The third kappa shape index (κ3) is 3.33. The number of carbonyl (C=O) groups excluding carboxylic acids is 1. The molecule has 0 saturated carbocycles. The van der Waals surface area contributed by atoms with E-state index in [1.807, 2.05) is 0 Å². The minimum absolute atomic E-state index is 0.0447. The van der Waals surface area contributed by atoms with E-state index in [2.05, 4.69) is 4.98 Å². The van der Waals surface area contributed by atoms with E-state index in [1.165, 1.54) is 35.1 Å². The lowest BCUT2D eigenvalue weighted by atomic mass is 9.93. The molecule has 36 heavy (non-hydrogen) atoms. The normalized spacial score (nSPS) is 13.8. The molecule has 0 bridgehead atoms. The third-order valence-corrected chi connectivity index (χ3v) is 6.65. The first kappa shape index (κ1) is 22.2. The Morgan fingerprint density at radius 2 is 2.03 bits per heavy atom. The number of aromatic nitrogens is 2. The highest BCUT2D eigenvalue weighted by Crippen LogP contribution is 2.40. The maximum atomic E-state index is 15.1. The van der Waals surface area contributed by atoms with Crippen LogP contribution in [0.25, 0.3) is 38.3 Å². The molecule has 0 amide bonds. The Morgan fingerprint density at radius 3 is 2.81 bits per heavy atom. The Morgan fingerprint density at radius 1 is 1.19 bits per heavy atom. The summed E-state index contributed by atoms with van der Waals surface area (Å²) in [7, 11) is 0. The van der Waals surface area contributed by atoms with Crippen LogP contribution in [-0.4, -0.2) is 26.4 Å². The number of ketones is 1. The molecule has 1 aliphatic carbocycles. The van der Waals surface area contributed by atoms with Crippen molar-refractivity contribution in [2.45, 2.75) is 13.0 Å². The Bertz CT molecular complexity index is 1830. The van der Waals surface area contributed by atoms with Gasteiger partial charge in [0, 0.05) is 34.6 Å². The molecule has 6 nitrogen and oxygen atoms in total. The lowest BCUT2D eigenvalue weighted by molar-refractivity contribution is -0.113. The number of furan rings is 1. The number of hydrogen-bond acceptors (Lipinski definition) is 4. The summed E-state index contributed by atoms with van der Waals surface area (Å²) in [5.74, 6) is -2.65. The molecule has 178 valence electrons. The molecule has 0 fully saturated rings. The number of halogens is 3. The van der Waals surface area contributed by atoms with Crippen molar-refractivity contribution in [1.82, 2.24) is 9.55 Å². The Kier molecular flexibility index (Phi) is 5.01. The number of rotatable bonds is 4. The van der Waals surface area contributed by atoms with Gasteiger partial charge in [0.1, 0.15) is 28.1 Å². The van der Waals surface area contributed by atoms with E-state index in [4.69, 9.17) is 16.0 Å². The predicted octanol–water partition coefficient (Wildman–Crippen LogP) is 6.53. The second-order valence-corrected chi connectivity index (χ2v) is 8.80. The van der Waals surface area contributed by atoms with Gasteiger partial charge in [-0.2, -0.15) is 0 Å². The lowest BCUT2D eigenvalue weighted by Gasteiger charge is -2.13. The van der Waals surface area contributed by atoms with E-state index >= 15 is 4.39 Å². The van der Waals surface area contributed by atoms with Gasteiger partial charge < -0.3 is 14.1 Å². The number of carboxylic acids is 1. The molecular formula is C27H15ClF2N2O4. The van der Waals surface area contributed by atoms with Crippen LogP contribution >= 0.6 is 11.6 Å². The molecule has 0 spiro atoms. The summed E-state index contributed by atoms with van der Waals surface area (Å²) < 4.78 is 35.7. The van der Waals surface area contributed by atoms with Gasteiger partial charge in [-0.25, -0.2) is 18.6 Å². The van der Waals surface area contributed by atoms with E-state index in [9.17, 15) is 19.1 Å². The summed E-state index contributed by atoms with van der Waals surface area (Å²) in [6.07, 6.45) is 6.33. The van der Waals surface area contributed by atoms with Crippen molar-refractivity contribution in [2.75, 3.05) is 0 Å². The Hall–Kier alpha value is -4.30. The van der Waals surface area contributed by atoms with Crippen LogP contribution in [0.4, 0.5) is 8.78 Å². The highest BCUT2D eigenvalue weighted by Gasteiger charge is 2.31. The maximum absolute atomic E-state index is 15.1. The molecule has 1 aliphatic rings. The van der Waals surface area contributed by atoms with Crippen molar-refractivity contribution >= 4 is 61.7 Å². The van der Waals surface area contributed by atoms with Gasteiger partial charge in [0.05, 0.1) is 34.6 Å². The van der Waals surface area contributed by atoms with Crippen molar-refractivity contribution in [1.29, 1.82) is 0 Å². The number of hydrogen-bond donors (Lipinski definition) is 1. The van der Waals surface area contributed by atoms with Gasteiger partial charge in [-0.3, -0.25) is 4.79 Å². The molecule has 2 aromatic carbocycles. The van der Waals surface area contributed by atoms with Crippen LogP contribution < -0.4 is 0 Å². The molecular weight excluding hydrogens is 490 g/mol. The van der Waals surface area contributed by atoms with E-state index in [0.717, 1.165) is 0 Å². The minimum atomic E-state index is -1.31. The topological polar surface area (TPSA) is 85.3 Å². The summed E-state index contributed by atoms with van der Waals surface area (Å²) in [5.41, 5.74) is 1.28. The zero-order chi connectivity index (χ0) is 25.1. The van der Waals surface area contributed by atoms with Crippen molar-refractivity contribution in [3.05, 3.63) is 94.5 Å². The summed E-state index contributed by atoms with van der Waals surface area (Å²) in [5, 5.41) is 11.4. The number of pyridine rings is 1. The van der Waals surface area contributed by atoms with E-state index in [-0.39, 0.29) is 57.2 Å². The molecule has 6 rings (SSSR count). The number of carbonyl (C=O) groups is 2. The van der Waals surface area contributed by atoms with Crippen molar-refractivity contribution in [3.63, 3.8) is 0 Å². The Labute approximate surface area is 206 Å². The van der Waals surface area contributed by atoms with E-state index < -0.39 is 17.6 Å². The summed E-state index contributed by atoms with van der Waals surface area (Å²) in [6.45, 7) is -0.0970. The van der Waals surface area contributed by atoms with Gasteiger partial charge in [-0.05, 0) is 30.3 Å². The van der Waals surface area contributed by atoms with E-state index in [0.29, 0.717) is 21.9 Å². The highest BCUT2D eigenvalue weighted by atomic mass is 35.5. The molecule has 9 heteroatoms. The van der Waals surface area contributed by atoms with Crippen LogP contribution in [-0.2, 0) is 11.3 Å². The van der Waals surface area contributed by atoms with Gasteiger partial charge in [-0.15, -0.1) is 0 Å². The van der Waals surface area contributed by atoms with Crippen LogP contribution in [0.3, 0.4) is 0 Å². The first-order valence-electron chi connectivity index (χ1n) is 10.9. The Balaban J connectivity index is 1.69. The minimum Gasteiger partial charge on any atom is -0.477 e. The first-order valence-corrected chi connectivity index (χ1v) is 11.3. The van der Waals surface area contributed by atoms with E-state index in [1.54, 1.807) is 30.4 Å². The molecule has 0 radical (unpaired) electrons. The number of benzene rings is 2. The summed E-state index contributed by atoms with van der Waals surface area (Å²) >= 11 is 6.41. The van der Waals surface area contributed by atoms with Crippen LogP contribution in [0.1, 0.15) is 28.0 Å². The van der Waals surface area contributed by atoms with Crippen LogP contribution in [0, 0.1) is 11.6 Å². The lowest BCUT2D eigenvalue weighted by Crippen LogP contribution is -2.14. The molecule has 5 aromatic rings. The molecule has 0 atom stereocenters. The zero-order valence-electron chi connectivity index (χ0n) is 18.4. The fourth-order valence-electron chi connectivity index (χ4n) is 4.76. The molecule has 1 N–H and O–H groups in total. The quantitative estimate of drug-likeness (QED) is 0.281. The standard InChI is InChI=1S/C27H15ClF2N2O4/c28-26-14(9-13-5-6-15(29)10-19(13)31-26)12-32-20-11-18(30)16-7-8-36-25(16)23(20)22(24(32)27(34)35)17-3-1-2-4-21(17)33/h1-3,5-11H,4,12H2,(H,34,35). The highest BCUT2D eigenvalue weighted by molar-refractivity contribution is 6.31. The van der Waals surface area contributed by atoms with Gasteiger partial charge in [0.2, 0.25) is 0 Å². The van der Waals surface area contributed by atoms with Gasteiger partial charge in [0.25, 0.3) is 0 Å².